The van der Waals surface area contributed by atoms with Crippen LogP contribution in [0.2, 0.25) is 0 Å². The number of pyridine rings is 1. The number of aromatic nitrogens is 1. The third-order valence-corrected chi connectivity index (χ3v) is 3.92. The van der Waals surface area contributed by atoms with Gasteiger partial charge in [-0.3, -0.25) is 9.78 Å². The maximum Gasteiger partial charge on any atom is 0.237 e. The molecule has 0 bridgehead atoms. The zero-order valence-electron chi connectivity index (χ0n) is 12.4. The maximum atomic E-state index is 12.4. The fourth-order valence-electron chi connectivity index (χ4n) is 2.74. The largest absolute Gasteiger partial charge is 0.348 e. The van der Waals surface area contributed by atoms with Crippen LogP contribution in [-0.4, -0.2) is 23.5 Å². The summed E-state index contributed by atoms with van der Waals surface area (Å²) in [6.45, 7) is 0.914. The Morgan fingerprint density at radius 3 is 3.05 bits per heavy atom. The Morgan fingerprint density at radius 1 is 1.41 bits per heavy atom. The molecule has 4 heteroatoms. The van der Waals surface area contributed by atoms with Crippen molar-refractivity contribution in [3.05, 3.63) is 66.0 Å². The van der Waals surface area contributed by atoms with Crippen LogP contribution in [0, 0.1) is 12.1 Å². The van der Waals surface area contributed by atoms with E-state index >= 15 is 0 Å². The molecule has 0 spiro atoms. The van der Waals surface area contributed by atoms with E-state index in [2.05, 4.69) is 27.8 Å². The standard InChI is InChI=1S/C18H19N3O/c22-18(16-10-6-12-20-16)21-17(14-7-2-1-3-8-14)13-15-9-4-5-11-19-15/h2,4-5,7-9,11,16-17,20H,6,10,12-13H2,(H,21,22)/t16-,17+/m1/s1. The number of nitrogens with zero attached hydrogens (tertiary/aromatic N) is 1. The van der Waals surface area contributed by atoms with E-state index in [0.29, 0.717) is 6.42 Å². The van der Waals surface area contributed by atoms with Crippen LogP contribution in [0.25, 0.3) is 0 Å². The Hall–Kier alpha value is -2.38. The molecule has 1 saturated heterocycles. The molecule has 4 nitrogen and oxygen atoms in total. The van der Waals surface area contributed by atoms with Gasteiger partial charge in [-0.1, -0.05) is 18.2 Å². The minimum atomic E-state index is -0.101. The Morgan fingerprint density at radius 2 is 2.36 bits per heavy atom. The fraction of sp³-hybridized carbons (Fsp3) is 0.333. The number of hydrogen-bond donors (Lipinski definition) is 2. The predicted molar refractivity (Wildman–Crippen MR) is 84.0 cm³/mol. The average Bonchev–Trinajstić information content (AvgIpc) is 3.11. The van der Waals surface area contributed by atoms with E-state index in [9.17, 15) is 4.79 Å². The molecule has 1 aromatic carbocycles. The van der Waals surface area contributed by atoms with Crippen molar-refractivity contribution in [2.24, 2.45) is 0 Å². The molecule has 2 heterocycles. The molecular formula is C18H19N3O. The monoisotopic (exact) mass is 293 g/mol. The van der Waals surface area contributed by atoms with Crippen LogP contribution >= 0.6 is 0 Å². The summed E-state index contributed by atoms with van der Waals surface area (Å²) in [4.78, 5) is 16.8. The van der Waals surface area contributed by atoms with Gasteiger partial charge in [0.1, 0.15) is 0 Å². The number of carbonyl (C=O) groups excluding carboxylic acids is 1. The molecule has 2 N–H and O–H groups in total. The lowest BCUT2D eigenvalue weighted by molar-refractivity contribution is -0.123. The summed E-state index contributed by atoms with van der Waals surface area (Å²) in [6, 6.07) is 17.2. The first-order chi connectivity index (χ1) is 10.8. The highest BCUT2D eigenvalue weighted by Gasteiger charge is 2.25. The van der Waals surface area contributed by atoms with Crippen molar-refractivity contribution in [1.29, 1.82) is 0 Å². The smallest absolute Gasteiger partial charge is 0.237 e. The molecule has 0 aliphatic carbocycles. The van der Waals surface area contributed by atoms with Gasteiger partial charge in [0.25, 0.3) is 0 Å². The Labute approximate surface area is 131 Å². The predicted octanol–water partition coefficient (Wildman–Crippen LogP) is 1.83. The quantitative estimate of drug-likeness (QED) is 0.884. The number of nitrogens with one attached hydrogen (secondary N) is 2. The van der Waals surface area contributed by atoms with E-state index in [0.717, 1.165) is 30.6 Å². The van der Waals surface area contributed by atoms with Crippen LogP contribution in [0.1, 0.15) is 30.1 Å². The van der Waals surface area contributed by atoms with Gasteiger partial charge in [0, 0.05) is 18.3 Å². The van der Waals surface area contributed by atoms with Gasteiger partial charge in [-0.15, -0.1) is 0 Å². The molecule has 0 saturated carbocycles. The molecule has 0 unspecified atom stereocenters. The Kier molecular flexibility index (Phi) is 4.67. The van der Waals surface area contributed by atoms with Crippen LogP contribution in [-0.2, 0) is 11.2 Å². The van der Waals surface area contributed by atoms with Crippen molar-refractivity contribution in [1.82, 2.24) is 15.6 Å². The van der Waals surface area contributed by atoms with Gasteiger partial charge < -0.3 is 10.6 Å². The lowest BCUT2D eigenvalue weighted by Gasteiger charge is -2.21. The fourth-order valence-corrected chi connectivity index (χ4v) is 2.74. The van der Waals surface area contributed by atoms with E-state index in [4.69, 9.17) is 0 Å². The first kappa shape index (κ1) is 14.6. The minimum absolute atomic E-state index is 0.0614. The van der Waals surface area contributed by atoms with Crippen molar-refractivity contribution in [2.75, 3.05) is 6.54 Å². The third kappa shape index (κ3) is 3.63. The van der Waals surface area contributed by atoms with Crippen LogP contribution in [0.5, 0.6) is 0 Å². The van der Waals surface area contributed by atoms with E-state index < -0.39 is 0 Å². The molecule has 2 aromatic rings. The summed E-state index contributed by atoms with van der Waals surface area (Å²) in [5.74, 6) is 0.0614. The van der Waals surface area contributed by atoms with Gasteiger partial charge in [0.2, 0.25) is 5.91 Å². The second-order valence-corrected chi connectivity index (χ2v) is 5.50. The number of carbonyl (C=O) groups is 1. The summed E-state index contributed by atoms with van der Waals surface area (Å²) in [5.41, 5.74) is 1.98. The van der Waals surface area contributed by atoms with Gasteiger partial charge in [-0.05, 0) is 55.3 Å². The molecule has 1 aliphatic heterocycles. The van der Waals surface area contributed by atoms with Crippen molar-refractivity contribution >= 4 is 5.91 Å². The third-order valence-electron chi connectivity index (χ3n) is 3.92. The number of hydrogen-bond acceptors (Lipinski definition) is 3. The van der Waals surface area contributed by atoms with Crippen LogP contribution in [0.3, 0.4) is 0 Å². The molecule has 2 atom stereocenters. The van der Waals surface area contributed by atoms with Gasteiger partial charge in [-0.25, -0.2) is 0 Å². The van der Waals surface area contributed by atoms with Crippen molar-refractivity contribution in [3.63, 3.8) is 0 Å². The molecule has 1 aliphatic rings. The second kappa shape index (κ2) is 7.06. The zero-order chi connectivity index (χ0) is 15.2. The van der Waals surface area contributed by atoms with Crippen molar-refractivity contribution in [3.8, 4) is 0 Å². The zero-order valence-corrected chi connectivity index (χ0v) is 12.4. The molecule has 1 fully saturated rings. The van der Waals surface area contributed by atoms with E-state index in [-0.39, 0.29) is 18.0 Å². The minimum Gasteiger partial charge on any atom is -0.348 e. The second-order valence-electron chi connectivity index (χ2n) is 5.50. The highest BCUT2D eigenvalue weighted by Crippen LogP contribution is 2.17. The maximum absolute atomic E-state index is 12.4. The molecule has 22 heavy (non-hydrogen) atoms. The normalized spacial score (nSPS) is 18.5. The van der Waals surface area contributed by atoms with Crippen molar-refractivity contribution in [2.45, 2.75) is 31.3 Å². The van der Waals surface area contributed by atoms with E-state index in [1.807, 2.05) is 36.4 Å². The highest BCUT2D eigenvalue weighted by molar-refractivity contribution is 5.82. The Balaban J connectivity index is 1.75. The SMILES string of the molecule is O=C(N[C@@H](Cc1ccccn1)c1cc#ccc1)[C@H]1CCCN1. The number of rotatable bonds is 5. The van der Waals surface area contributed by atoms with Gasteiger partial charge in [-0.2, -0.15) is 0 Å². The summed E-state index contributed by atoms with van der Waals surface area (Å²) in [6.07, 6.45) is 4.39. The summed E-state index contributed by atoms with van der Waals surface area (Å²) in [5, 5.41) is 6.38. The van der Waals surface area contributed by atoms with E-state index in [1.54, 1.807) is 6.20 Å². The van der Waals surface area contributed by atoms with Gasteiger partial charge >= 0.3 is 0 Å². The average molecular weight is 293 g/mol. The number of amides is 1. The molecule has 112 valence electrons. The van der Waals surface area contributed by atoms with E-state index in [1.165, 1.54) is 0 Å². The van der Waals surface area contributed by atoms with Gasteiger partial charge in [0.15, 0.2) is 0 Å². The molecule has 1 amide bonds. The highest BCUT2D eigenvalue weighted by atomic mass is 16.2. The first-order valence-electron chi connectivity index (χ1n) is 7.64. The molecule has 0 radical (unpaired) electrons. The van der Waals surface area contributed by atoms with Gasteiger partial charge in [0.05, 0.1) is 12.1 Å². The topological polar surface area (TPSA) is 54.0 Å². The molecule has 1 aromatic heterocycles. The van der Waals surface area contributed by atoms with Crippen molar-refractivity contribution < 1.29 is 4.79 Å². The summed E-state index contributed by atoms with van der Waals surface area (Å²) < 4.78 is 0. The lowest BCUT2D eigenvalue weighted by atomic mass is 10.0. The lowest BCUT2D eigenvalue weighted by Crippen LogP contribution is -2.42. The molecular weight excluding hydrogens is 274 g/mol. The summed E-state index contributed by atoms with van der Waals surface area (Å²) >= 11 is 0. The van der Waals surface area contributed by atoms with Crippen LogP contribution in [0.15, 0.2) is 42.6 Å². The molecule has 3 rings (SSSR count). The Bertz CT molecular complexity index is 594. The van der Waals surface area contributed by atoms with Crippen LogP contribution in [0.4, 0.5) is 0 Å². The summed E-state index contributed by atoms with van der Waals surface area (Å²) in [7, 11) is 0. The first-order valence-corrected chi connectivity index (χ1v) is 7.64. The van der Waals surface area contributed by atoms with Crippen LogP contribution < -0.4 is 10.6 Å².